The molecule has 76 valence electrons. The van der Waals surface area contributed by atoms with Crippen molar-refractivity contribution in [2.45, 2.75) is 6.92 Å². The molecule has 0 aromatic carbocycles. The molecule has 0 fully saturated rings. The number of hydrogen-bond donors (Lipinski definition) is 1. The quantitative estimate of drug-likeness (QED) is 0.746. The van der Waals surface area contributed by atoms with E-state index in [9.17, 15) is 9.59 Å². The largest absolute Gasteiger partial charge is 0.480 e. The van der Waals surface area contributed by atoms with Crippen molar-refractivity contribution in [1.29, 1.82) is 0 Å². The van der Waals surface area contributed by atoms with Gasteiger partial charge in [-0.05, 0) is 6.92 Å². The van der Waals surface area contributed by atoms with E-state index in [-0.39, 0.29) is 12.2 Å². The van der Waals surface area contributed by atoms with E-state index in [4.69, 9.17) is 5.11 Å². The highest BCUT2D eigenvalue weighted by Gasteiger charge is 2.19. The van der Waals surface area contributed by atoms with E-state index in [1.807, 2.05) is 0 Å². The fourth-order valence-corrected chi connectivity index (χ4v) is 0.949. The lowest BCUT2D eigenvalue weighted by atomic mass is 10.2. The number of aromatic nitrogens is 1. The Balaban J connectivity index is 2.76. The fraction of sp³-hybridized carbons (Fsp3) is 0.375. The van der Waals surface area contributed by atoms with Gasteiger partial charge in [0.05, 0.1) is 0 Å². The molecule has 0 saturated carbocycles. The van der Waals surface area contributed by atoms with E-state index in [1.54, 1.807) is 6.92 Å². The second-order valence-corrected chi connectivity index (χ2v) is 2.90. The Morgan fingerprint density at radius 3 is 2.71 bits per heavy atom. The highest BCUT2D eigenvalue weighted by molar-refractivity contribution is 5.94. The van der Waals surface area contributed by atoms with Gasteiger partial charge in [-0.25, -0.2) is 0 Å². The first kappa shape index (κ1) is 10.2. The van der Waals surface area contributed by atoms with Gasteiger partial charge in [-0.1, -0.05) is 5.16 Å². The van der Waals surface area contributed by atoms with Crippen LogP contribution in [0.3, 0.4) is 0 Å². The lowest BCUT2D eigenvalue weighted by Gasteiger charge is -2.12. The van der Waals surface area contributed by atoms with Crippen molar-refractivity contribution < 1.29 is 19.2 Å². The number of carboxylic acids is 1. The van der Waals surface area contributed by atoms with Gasteiger partial charge in [0.25, 0.3) is 5.91 Å². The average Bonchev–Trinajstić information content (AvgIpc) is 2.48. The third-order valence-corrected chi connectivity index (χ3v) is 1.67. The Labute approximate surface area is 80.1 Å². The molecule has 1 heterocycles. The highest BCUT2D eigenvalue weighted by atomic mass is 16.5. The predicted octanol–water partition coefficient (Wildman–Crippen LogP) is 0.140. The molecule has 1 N–H and O–H groups in total. The van der Waals surface area contributed by atoms with Crippen LogP contribution >= 0.6 is 0 Å². The molecule has 6 heteroatoms. The monoisotopic (exact) mass is 198 g/mol. The normalized spacial score (nSPS) is 9.86. The number of nitrogens with zero attached hydrogens (tertiary/aromatic N) is 2. The topological polar surface area (TPSA) is 83.6 Å². The summed E-state index contributed by atoms with van der Waals surface area (Å²) in [5, 5.41) is 11.9. The molecule has 0 bridgehead atoms. The standard InChI is InChI=1S/C8H10N2O4/c1-5-4-14-9-7(5)8(13)10(2)3-6(11)12/h4H,3H2,1-2H3,(H,11,12). The summed E-state index contributed by atoms with van der Waals surface area (Å²) in [4.78, 5) is 22.9. The molecule has 0 aliphatic rings. The Bertz CT molecular complexity index is 358. The minimum atomic E-state index is -1.07. The first-order valence-corrected chi connectivity index (χ1v) is 3.90. The van der Waals surface area contributed by atoms with Crippen LogP contribution in [-0.4, -0.2) is 40.6 Å². The van der Waals surface area contributed by atoms with E-state index in [0.717, 1.165) is 4.90 Å². The lowest BCUT2D eigenvalue weighted by molar-refractivity contribution is -0.137. The first-order valence-electron chi connectivity index (χ1n) is 3.90. The van der Waals surface area contributed by atoms with Gasteiger partial charge in [-0.15, -0.1) is 0 Å². The van der Waals surface area contributed by atoms with E-state index >= 15 is 0 Å². The molecule has 1 amide bonds. The molecule has 1 aromatic rings. The SMILES string of the molecule is Cc1conc1C(=O)N(C)CC(=O)O. The van der Waals surface area contributed by atoms with Gasteiger partial charge < -0.3 is 14.5 Å². The number of aryl methyl sites for hydroxylation is 1. The zero-order chi connectivity index (χ0) is 10.7. The van der Waals surface area contributed by atoms with Crippen molar-refractivity contribution in [3.05, 3.63) is 17.5 Å². The summed E-state index contributed by atoms with van der Waals surface area (Å²) < 4.78 is 4.58. The molecule has 0 radical (unpaired) electrons. The van der Waals surface area contributed by atoms with E-state index in [1.165, 1.54) is 13.3 Å². The number of amides is 1. The molecule has 1 aromatic heterocycles. The molecule has 14 heavy (non-hydrogen) atoms. The maximum atomic E-state index is 11.5. The maximum Gasteiger partial charge on any atom is 0.323 e. The molecule has 0 unspecified atom stereocenters. The summed E-state index contributed by atoms with van der Waals surface area (Å²) in [6, 6.07) is 0. The van der Waals surface area contributed by atoms with Gasteiger partial charge in [0.2, 0.25) is 0 Å². The van der Waals surface area contributed by atoms with Gasteiger partial charge >= 0.3 is 5.97 Å². The van der Waals surface area contributed by atoms with E-state index < -0.39 is 11.9 Å². The van der Waals surface area contributed by atoms with Crippen LogP contribution in [0.5, 0.6) is 0 Å². The van der Waals surface area contributed by atoms with Crippen molar-refractivity contribution in [2.24, 2.45) is 0 Å². The summed E-state index contributed by atoms with van der Waals surface area (Å²) in [6.07, 6.45) is 1.34. The van der Waals surface area contributed by atoms with E-state index in [2.05, 4.69) is 9.68 Å². The van der Waals surface area contributed by atoms with Gasteiger partial charge in [-0.3, -0.25) is 9.59 Å². The molecule has 0 aliphatic carbocycles. The Kier molecular flexibility index (Phi) is 2.85. The number of rotatable bonds is 3. The summed E-state index contributed by atoms with van der Waals surface area (Å²) in [5.74, 6) is -1.53. The van der Waals surface area contributed by atoms with Crippen molar-refractivity contribution >= 4 is 11.9 Å². The van der Waals surface area contributed by atoms with Crippen LogP contribution in [0.15, 0.2) is 10.8 Å². The Morgan fingerprint density at radius 1 is 1.64 bits per heavy atom. The Hall–Kier alpha value is -1.85. The molecule has 0 atom stereocenters. The molecule has 0 aliphatic heterocycles. The lowest BCUT2D eigenvalue weighted by Crippen LogP contribution is -2.32. The van der Waals surface area contributed by atoms with Crippen LogP contribution in [0.1, 0.15) is 16.1 Å². The highest BCUT2D eigenvalue weighted by Crippen LogP contribution is 2.06. The minimum absolute atomic E-state index is 0.147. The number of hydrogen-bond acceptors (Lipinski definition) is 4. The van der Waals surface area contributed by atoms with Crippen molar-refractivity contribution in [3.8, 4) is 0 Å². The van der Waals surface area contributed by atoms with Gasteiger partial charge in [0.15, 0.2) is 5.69 Å². The number of likely N-dealkylation sites (N-methyl/N-ethyl adjacent to an activating group) is 1. The van der Waals surface area contributed by atoms with Crippen LogP contribution in [0.2, 0.25) is 0 Å². The molecule has 1 rings (SSSR count). The predicted molar refractivity (Wildman–Crippen MR) is 45.8 cm³/mol. The van der Waals surface area contributed by atoms with E-state index in [0.29, 0.717) is 5.56 Å². The van der Waals surface area contributed by atoms with Crippen molar-refractivity contribution in [3.63, 3.8) is 0 Å². The number of aliphatic carboxylic acids is 1. The molecule has 0 spiro atoms. The molecular formula is C8H10N2O4. The van der Waals surface area contributed by atoms with Gasteiger partial charge in [0.1, 0.15) is 12.8 Å². The second-order valence-electron chi connectivity index (χ2n) is 2.90. The number of carbonyl (C=O) groups excluding carboxylic acids is 1. The third kappa shape index (κ3) is 2.09. The molecular weight excluding hydrogens is 188 g/mol. The zero-order valence-electron chi connectivity index (χ0n) is 7.85. The van der Waals surface area contributed by atoms with Crippen LogP contribution in [-0.2, 0) is 4.79 Å². The first-order chi connectivity index (χ1) is 6.52. The maximum absolute atomic E-state index is 11.5. The van der Waals surface area contributed by atoms with Crippen LogP contribution in [0.25, 0.3) is 0 Å². The van der Waals surface area contributed by atoms with Crippen LogP contribution < -0.4 is 0 Å². The van der Waals surface area contributed by atoms with Crippen LogP contribution in [0.4, 0.5) is 0 Å². The van der Waals surface area contributed by atoms with Gasteiger partial charge in [-0.2, -0.15) is 0 Å². The average molecular weight is 198 g/mol. The number of carbonyl (C=O) groups is 2. The van der Waals surface area contributed by atoms with Gasteiger partial charge in [0, 0.05) is 12.6 Å². The second kappa shape index (κ2) is 3.91. The summed E-state index contributed by atoms with van der Waals surface area (Å²) >= 11 is 0. The summed E-state index contributed by atoms with van der Waals surface area (Å²) in [7, 11) is 1.39. The smallest absolute Gasteiger partial charge is 0.323 e. The molecule has 0 saturated heterocycles. The zero-order valence-corrected chi connectivity index (χ0v) is 7.85. The van der Waals surface area contributed by atoms with Crippen molar-refractivity contribution in [1.82, 2.24) is 10.1 Å². The fourth-order valence-electron chi connectivity index (χ4n) is 0.949. The summed E-state index contributed by atoms with van der Waals surface area (Å²) in [6.45, 7) is 1.31. The minimum Gasteiger partial charge on any atom is -0.480 e. The number of carboxylic acid groups (broad SMARTS) is 1. The third-order valence-electron chi connectivity index (χ3n) is 1.67. The Morgan fingerprint density at radius 2 is 2.29 bits per heavy atom. The summed E-state index contributed by atoms with van der Waals surface area (Å²) in [5.41, 5.74) is 0.737. The molecule has 6 nitrogen and oxygen atoms in total. The van der Waals surface area contributed by atoms with Crippen LogP contribution in [0, 0.1) is 6.92 Å². The van der Waals surface area contributed by atoms with Crippen molar-refractivity contribution in [2.75, 3.05) is 13.6 Å².